The molecule has 0 spiro atoms. The number of anilines is 1. The molecule has 18 heavy (non-hydrogen) atoms. The number of hydrogen-bond acceptors (Lipinski definition) is 5. The highest BCUT2D eigenvalue weighted by atomic mass is 32.1. The second-order valence-electron chi connectivity index (χ2n) is 4.00. The number of nitrogens with zero attached hydrogens (tertiary/aromatic N) is 2. The van der Waals surface area contributed by atoms with Crippen molar-refractivity contribution in [2.45, 2.75) is 20.4 Å². The summed E-state index contributed by atoms with van der Waals surface area (Å²) >= 11 is 4.99. The minimum Gasteiger partial charge on any atom is -0.389 e. The fourth-order valence-electron chi connectivity index (χ4n) is 1.57. The van der Waals surface area contributed by atoms with Gasteiger partial charge in [0.2, 0.25) is 0 Å². The molecular weight excluding hydrogens is 248 g/mol. The number of thiocarbonyl (C=S) groups is 1. The van der Waals surface area contributed by atoms with E-state index in [0.29, 0.717) is 17.4 Å². The van der Waals surface area contributed by atoms with Crippen molar-refractivity contribution < 1.29 is 4.52 Å². The molecule has 0 atom stereocenters. The van der Waals surface area contributed by atoms with Gasteiger partial charge in [-0.1, -0.05) is 17.4 Å². The molecule has 94 valence electrons. The molecule has 0 amide bonds. The lowest BCUT2D eigenvalue weighted by Crippen LogP contribution is -2.14. The molecule has 2 heterocycles. The maximum atomic E-state index is 5.66. The fourth-order valence-corrected chi connectivity index (χ4v) is 1.73. The molecule has 0 saturated heterocycles. The summed E-state index contributed by atoms with van der Waals surface area (Å²) in [7, 11) is 0. The predicted molar refractivity (Wildman–Crippen MR) is 73.4 cm³/mol. The summed E-state index contributed by atoms with van der Waals surface area (Å²) in [5, 5.41) is 7.06. The summed E-state index contributed by atoms with van der Waals surface area (Å²) in [6, 6.07) is 5.60. The van der Waals surface area contributed by atoms with E-state index in [-0.39, 0.29) is 0 Å². The molecule has 2 rings (SSSR count). The first-order valence-corrected chi connectivity index (χ1v) is 5.90. The highest BCUT2D eigenvalue weighted by Gasteiger charge is 2.08. The zero-order valence-corrected chi connectivity index (χ0v) is 11.0. The maximum absolute atomic E-state index is 5.66. The summed E-state index contributed by atoms with van der Waals surface area (Å²) in [5.41, 5.74) is 8.09. The Morgan fingerprint density at radius 1 is 1.44 bits per heavy atom. The first-order valence-electron chi connectivity index (χ1n) is 5.50. The van der Waals surface area contributed by atoms with Crippen LogP contribution in [0, 0.1) is 13.8 Å². The first-order chi connectivity index (χ1) is 8.56. The van der Waals surface area contributed by atoms with Crippen LogP contribution in [0.4, 0.5) is 5.82 Å². The van der Waals surface area contributed by atoms with Crippen molar-refractivity contribution in [1.82, 2.24) is 10.1 Å². The molecule has 6 heteroatoms. The second-order valence-corrected chi connectivity index (χ2v) is 4.44. The first kappa shape index (κ1) is 12.5. The summed E-state index contributed by atoms with van der Waals surface area (Å²) in [6.45, 7) is 4.28. The van der Waals surface area contributed by atoms with E-state index in [1.54, 1.807) is 0 Å². The average Bonchev–Trinajstić information content (AvgIpc) is 2.72. The monoisotopic (exact) mass is 262 g/mol. The Kier molecular flexibility index (Phi) is 3.57. The van der Waals surface area contributed by atoms with Gasteiger partial charge >= 0.3 is 0 Å². The lowest BCUT2D eigenvalue weighted by Gasteiger charge is -2.09. The normalized spacial score (nSPS) is 10.3. The van der Waals surface area contributed by atoms with Crippen LogP contribution in [0.1, 0.15) is 22.7 Å². The van der Waals surface area contributed by atoms with Crippen LogP contribution in [-0.4, -0.2) is 15.1 Å². The maximum Gasteiger partial charge on any atom is 0.136 e. The second kappa shape index (κ2) is 5.14. The highest BCUT2D eigenvalue weighted by Crippen LogP contribution is 2.14. The van der Waals surface area contributed by atoms with Gasteiger partial charge < -0.3 is 15.6 Å². The van der Waals surface area contributed by atoms with E-state index in [1.165, 1.54) is 0 Å². The van der Waals surface area contributed by atoms with Crippen LogP contribution in [0.2, 0.25) is 0 Å². The number of rotatable bonds is 4. The Hall–Kier alpha value is -1.95. The largest absolute Gasteiger partial charge is 0.389 e. The standard InChI is InChI=1S/C12H14N4OS/c1-7-3-4-10(11(13)18)12(15-7)14-6-9-5-8(2)17-16-9/h3-5H,6H2,1-2H3,(H2,13,18)(H,14,15). The third-order valence-electron chi connectivity index (χ3n) is 2.41. The Morgan fingerprint density at radius 2 is 2.22 bits per heavy atom. The number of hydrogen-bond donors (Lipinski definition) is 2. The lowest BCUT2D eigenvalue weighted by molar-refractivity contribution is 0.391. The van der Waals surface area contributed by atoms with Gasteiger partial charge in [0.1, 0.15) is 22.3 Å². The Balaban J connectivity index is 2.17. The molecule has 2 aromatic heterocycles. The van der Waals surface area contributed by atoms with Crippen LogP contribution in [0.5, 0.6) is 0 Å². The lowest BCUT2D eigenvalue weighted by atomic mass is 10.2. The van der Waals surface area contributed by atoms with Gasteiger partial charge in [0.15, 0.2) is 0 Å². The number of nitrogens with two attached hydrogens (primary N) is 1. The average molecular weight is 262 g/mol. The molecule has 2 aromatic rings. The Bertz CT molecular complexity index is 579. The van der Waals surface area contributed by atoms with E-state index in [2.05, 4.69) is 15.5 Å². The topological polar surface area (TPSA) is 77.0 Å². The van der Waals surface area contributed by atoms with Crippen molar-refractivity contribution in [3.8, 4) is 0 Å². The fraction of sp³-hybridized carbons (Fsp3) is 0.250. The Labute approximate surface area is 110 Å². The van der Waals surface area contributed by atoms with Gasteiger partial charge in [-0.2, -0.15) is 0 Å². The molecule has 0 aliphatic carbocycles. The van der Waals surface area contributed by atoms with Crippen LogP contribution >= 0.6 is 12.2 Å². The van der Waals surface area contributed by atoms with Crippen LogP contribution in [0.3, 0.4) is 0 Å². The van der Waals surface area contributed by atoms with Crippen LogP contribution in [0.25, 0.3) is 0 Å². The number of nitrogens with one attached hydrogen (secondary N) is 1. The molecule has 0 aromatic carbocycles. The number of aromatic nitrogens is 2. The van der Waals surface area contributed by atoms with Crippen molar-refractivity contribution in [1.29, 1.82) is 0 Å². The summed E-state index contributed by atoms with van der Waals surface area (Å²) in [6.07, 6.45) is 0. The third-order valence-corrected chi connectivity index (χ3v) is 2.63. The van der Waals surface area contributed by atoms with Gasteiger partial charge in [0, 0.05) is 11.8 Å². The SMILES string of the molecule is Cc1ccc(C(N)=S)c(NCc2cc(C)on2)n1. The van der Waals surface area contributed by atoms with E-state index >= 15 is 0 Å². The molecular formula is C12H14N4OS. The van der Waals surface area contributed by atoms with Crippen LogP contribution < -0.4 is 11.1 Å². The zero-order valence-electron chi connectivity index (χ0n) is 10.2. The van der Waals surface area contributed by atoms with Crippen molar-refractivity contribution >= 4 is 23.0 Å². The van der Waals surface area contributed by atoms with E-state index in [0.717, 1.165) is 22.7 Å². The molecule has 0 radical (unpaired) electrons. The van der Waals surface area contributed by atoms with E-state index in [4.69, 9.17) is 22.5 Å². The van der Waals surface area contributed by atoms with Gasteiger partial charge in [-0.15, -0.1) is 0 Å². The van der Waals surface area contributed by atoms with Gasteiger partial charge in [-0.05, 0) is 26.0 Å². The van der Waals surface area contributed by atoms with E-state index < -0.39 is 0 Å². The molecule has 5 nitrogen and oxygen atoms in total. The minimum atomic E-state index is 0.321. The van der Waals surface area contributed by atoms with Crippen LogP contribution in [-0.2, 0) is 6.54 Å². The Morgan fingerprint density at radius 3 is 2.83 bits per heavy atom. The molecule has 3 N–H and O–H groups in total. The quantitative estimate of drug-likeness (QED) is 0.820. The summed E-state index contributed by atoms with van der Waals surface area (Å²) in [4.78, 5) is 4.70. The smallest absolute Gasteiger partial charge is 0.136 e. The van der Waals surface area contributed by atoms with Gasteiger partial charge in [-0.3, -0.25) is 0 Å². The van der Waals surface area contributed by atoms with Gasteiger partial charge in [0.25, 0.3) is 0 Å². The molecule has 0 aliphatic rings. The van der Waals surface area contributed by atoms with E-state index in [1.807, 2.05) is 32.0 Å². The molecule has 0 saturated carbocycles. The third kappa shape index (κ3) is 2.84. The van der Waals surface area contributed by atoms with E-state index in [9.17, 15) is 0 Å². The summed E-state index contributed by atoms with van der Waals surface area (Å²) < 4.78 is 4.99. The molecule has 0 bridgehead atoms. The van der Waals surface area contributed by atoms with Crippen molar-refractivity contribution in [3.63, 3.8) is 0 Å². The van der Waals surface area contributed by atoms with Gasteiger partial charge in [-0.25, -0.2) is 4.98 Å². The van der Waals surface area contributed by atoms with Gasteiger partial charge in [0.05, 0.1) is 12.1 Å². The minimum absolute atomic E-state index is 0.321. The van der Waals surface area contributed by atoms with Crippen molar-refractivity contribution in [2.75, 3.05) is 5.32 Å². The van der Waals surface area contributed by atoms with Crippen molar-refractivity contribution in [3.05, 3.63) is 40.9 Å². The molecule has 0 fully saturated rings. The highest BCUT2D eigenvalue weighted by molar-refractivity contribution is 7.80. The number of pyridine rings is 1. The van der Waals surface area contributed by atoms with Crippen molar-refractivity contribution in [2.24, 2.45) is 5.73 Å². The predicted octanol–water partition coefficient (Wildman–Crippen LogP) is 1.93. The zero-order chi connectivity index (χ0) is 13.1. The number of aryl methyl sites for hydroxylation is 2. The molecule has 0 aliphatic heterocycles. The van der Waals surface area contributed by atoms with Crippen LogP contribution in [0.15, 0.2) is 22.7 Å². The molecule has 0 unspecified atom stereocenters. The summed E-state index contributed by atoms with van der Waals surface area (Å²) in [5.74, 6) is 1.45.